The van der Waals surface area contributed by atoms with Gasteiger partial charge < -0.3 is 10.1 Å². The first-order valence-corrected chi connectivity index (χ1v) is 7.35. The summed E-state index contributed by atoms with van der Waals surface area (Å²) in [6.07, 6.45) is 2.82. The summed E-state index contributed by atoms with van der Waals surface area (Å²) in [7, 11) is 1.17. The molecule has 0 saturated heterocycles. The van der Waals surface area contributed by atoms with Crippen LogP contribution >= 0.6 is 0 Å². The average Bonchev–Trinajstić information content (AvgIpc) is 2.56. The maximum absolute atomic E-state index is 13.4. The number of carbonyl (C=O) groups excluding carboxylic acids is 2. The summed E-state index contributed by atoms with van der Waals surface area (Å²) >= 11 is 0. The number of hydrogen-bond donors (Lipinski definition) is 1. The van der Waals surface area contributed by atoms with E-state index in [1.54, 1.807) is 0 Å². The van der Waals surface area contributed by atoms with Gasteiger partial charge in [-0.05, 0) is 18.9 Å². The van der Waals surface area contributed by atoms with E-state index in [-0.39, 0.29) is 0 Å². The van der Waals surface area contributed by atoms with Crippen LogP contribution in [0.1, 0.15) is 42.5 Å². The van der Waals surface area contributed by atoms with E-state index in [1.165, 1.54) is 7.11 Å². The highest BCUT2D eigenvalue weighted by molar-refractivity contribution is 6.01. The second kappa shape index (κ2) is 6.90. The maximum Gasteiger partial charge on any atom is 0.331 e. The van der Waals surface area contributed by atoms with E-state index in [0.29, 0.717) is 37.8 Å². The molecule has 1 saturated carbocycles. The largest absolute Gasteiger partial charge is 0.467 e. The minimum atomic E-state index is -1.43. The summed E-state index contributed by atoms with van der Waals surface area (Å²) in [5.74, 6) is -4.51. The summed E-state index contributed by atoms with van der Waals surface area (Å²) in [6.45, 7) is 0. The lowest BCUT2D eigenvalue weighted by Gasteiger charge is -2.35. The molecule has 0 spiro atoms. The number of halogens is 2. The zero-order chi connectivity index (χ0) is 17.9. The Labute approximate surface area is 136 Å². The SMILES string of the molecule is COC(=O)C1(NC(=O)c2cc(F)c(F)cc2[N+](=O)[O-])CCCCC1. The van der Waals surface area contributed by atoms with Crippen LogP contribution in [0.5, 0.6) is 0 Å². The number of esters is 1. The quantitative estimate of drug-likeness (QED) is 0.515. The third-order valence-electron chi connectivity index (χ3n) is 4.12. The second-order valence-electron chi connectivity index (χ2n) is 5.63. The molecule has 130 valence electrons. The Kier molecular flexibility index (Phi) is 5.10. The van der Waals surface area contributed by atoms with Gasteiger partial charge >= 0.3 is 5.97 Å². The van der Waals surface area contributed by atoms with E-state index in [4.69, 9.17) is 4.74 Å². The number of rotatable bonds is 4. The molecule has 0 bridgehead atoms. The number of nitrogens with zero attached hydrogens (tertiary/aromatic N) is 1. The van der Waals surface area contributed by atoms with Gasteiger partial charge in [-0.3, -0.25) is 14.9 Å². The number of nitro groups is 1. The van der Waals surface area contributed by atoms with Gasteiger partial charge in [0.1, 0.15) is 11.1 Å². The van der Waals surface area contributed by atoms with Crippen molar-refractivity contribution >= 4 is 17.6 Å². The van der Waals surface area contributed by atoms with Gasteiger partial charge in [-0.15, -0.1) is 0 Å². The van der Waals surface area contributed by atoms with Gasteiger partial charge in [0.15, 0.2) is 11.6 Å². The van der Waals surface area contributed by atoms with E-state index in [0.717, 1.165) is 6.42 Å². The molecular weight excluding hydrogens is 326 g/mol. The van der Waals surface area contributed by atoms with Gasteiger partial charge in [0.25, 0.3) is 11.6 Å². The Morgan fingerprint density at radius 2 is 1.79 bits per heavy atom. The van der Waals surface area contributed by atoms with Gasteiger partial charge in [0.05, 0.1) is 18.1 Å². The fraction of sp³-hybridized carbons (Fsp3) is 0.467. The van der Waals surface area contributed by atoms with Crippen molar-refractivity contribution in [2.24, 2.45) is 0 Å². The molecule has 1 aliphatic carbocycles. The smallest absolute Gasteiger partial charge is 0.331 e. The van der Waals surface area contributed by atoms with Crippen LogP contribution in [0.4, 0.5) is 14.5 Å². The van der Waals surface area contributed by atoms with E-state index in [2.05, 4.69) is 5.32 Å². The van der Waals surface area contributed by atoms with Crippen LogP contribution in [0.3, 0.4) is 0 Å². The second-order valence-corrected chi connectivity index (χ2v) is 5.63. The van der Waals surface area contributed by atoms with Gasteiger partial charge in [-0.25, -0.2) is 13.6 Å². The van der Waals surface area contributed by atoms with Gasteiger partial charge in [-0.2, -0.15) is 0 Å². The zero-order valence-corrected chi connectivity index (χ0v) is 12.9. The molecule has 9 heteroatoms. The molecule has 0 heterocycles. The molecule has 1 aliphatic rings. The molecular formula is C15H16F2N2O5. The van der Waals surface area contributed by atoms with Crippen LogP contribution in [0.25, 0.3) is 0 Å². The van der Waals surface area contributed by atoms with Crippen LogP contribution in [-0.2, 0) is 9.53 Å². The zero-order valence-electron chi connectivity index (χ0n) is 12.9. The molecule has 1 N–H and O–H groups in total. The maximum atomic E-state index is 13.4. The number of ether oxygens (including phenoxy) is 1. The summed E-state index contributed by atoms with van der Waals surface area (Å²) in [5, 5.41) is 13.4. The Morgan fingerprint density at radius 1 is 1.21 bits per heavy atom. The first-order valence-electron chi connectivity index (χ1n) is 7.35. The predicted octanol–water partition coefficient (Wildman–Crippen LogP) is 2.48. The standard InChI is InChI=1S/C15H16F2N2O5/c1-24-14(21)15(5-3-2-4-6-15)18-13(20)9-7-10(16)11(17)8-12(9)19(22)23/h7-8H,2-6H2,1H3,(H,18,20). The molecule has 0 radical (unpaired) electrons. The normalized spacial score (nSPS) is 16.3. The summed E-state index contributed by atoms with van der Waals surface area (Å²) in [4.78, 5) is 34.5. The van der Waals surface area contributed by atoms with Crippen LogP contribution in [-0.4, -0.2) is 29.4 Å². The number of hydrogen-bond acceptors (Lipinski definition) is 5. The molecule has 2 rings (SSSR count). The topological polar surface area (TPSA) is 98.5 Å². The monoisotopic (exact) mass is 342 g/mol. The number of nitro benzene ring substituents is 1. The van der Waals surface area contributed by atoms with Crippen molar-refractivity contribution in [3.63, 3.8) is 0 Å². The number of methoxy groups -OCH3 is 1. The van der Waals surface area contributed by atoms with Crippen LogP contribution < -0.4 is 5.32 Å². The molecule has 0 unspecified atom stereocenters. The van der Waals surface area contributed by atoms with Crippen molar-refractivity contribution in [1.29, 1.82) is 0 Å². The molecule has 24 heavy (non-hydrogen) atoms. The predicted molar refractivity (Wildman–Crippen MR) is 78.3 cm³/mol. The first-order chi connectivity index (χ1) is 11.3. The highest BCUT2D eigenvalue weighted by Gasteiger charge is 2.43. The first kappa shape index (κ1) is 17.8. The summed E-state index contributed by atoms with van der Waals surface area (Å²) in [5.41, 5.74) is -2.84. The molecule has 1 amide bonds. The lowest BCUT2D eigenvalue weighted by atomic mass is 9.81. The van der Waals surface area contributed by atoms with E-state index < -0.39 is 45.2 Å². The average molecular weight is 342 g/mol. The van der Waals surface area contributed by atoms with Crippen molar-refractivity contribution < 1.29 is 28.0 Å². The van der Waals surface area contributed by atoms with Crippen molar-refractivity contribution in [3.8, 4) is 0 Å². The third kappa shape index (κ3) is 3.34. The highest BCUT2D eigenvalue weighted by Crippen LogP contribution is 2.31. The fourth-order valence-corrected chi connectivity index (χ4v) is 2.88. The lowest BCUT2D eigenvalue weighted by molar-refractivity contribution is -0.385. The van der Waals surface area contributed by atoms with Crippen LogP contribution in [0.15, 0.2) is 12.1 Å². The van der Waals surface area contributed by atoms with E-state index >= 15 is 0 Å². The number of amides is 1. The highest BCUT2D eigenvalue weighted by atomic mass is 19.2. The fourth-order valence-electron chi connectivity index (χ4n) is 2.88. The minimum Gasteiger partial charge on any atom is -0.467 e. The molecule has 1 aromatic rings. The van der Waals surface area contributed by atoms with Gasteiger partial charge in [-0.1, -0.05) is 19.3 Å². The Hall–Kier alpha value is -2.58. The van der Waals surface area contributed by atoms with Gasteiger partial charge in [0, 0.05) is 0 Å². The molecule has 0 atom stereocenters. The van der Waals surface area contributed by atoms with Crippen molar-refractivity contribution in [3.05, 3.63) is 39.4 Å². The Balaban J connectivity index is 2.39. The number of nitrogens with one attached hydrogen (secondary N) is 1. The number of benzene rings is 1. The Bertz CT molecular complexity index is 687. The van der Waals surface area contributed by atoms with Gasteiger partial charge in [0.2, 0.25) is 0 Å². The Morgan fingerprint density at radius 3 is 2.33 bits per heavy atom. The minimum absolute atomic E-state index is 0.308. The van der Waals surface area contributed by atoms with E-state index in [1.807, 2.05) is 0 Å². The lowest BCUT2D eigenvalue weighted by Crippen LogP contribution is -2.56. The molecule has 1 aromatic carbocycles. The number of carbonyl (C=O) groups is 2. The third-order valence-corrected chi connectivity index (χ3v) is 4.12. The molecule has 7 nitrogen and oxygen atoms in total. The van der Waals surface area contributed by atoms with Crippen molar-refractivity contribution in [2.75, 3.05) is 7.11 Å². The summed E-state index contributed by atoms with van der Waals surface area (Å²) < 4.78 is 31.4. The molecule has 0 aliphatic heterocycles. The van der Waals surface area contributed by atoms with Crippen LogP contribution in [0, 0.1) is 21.7 Å². The molecule has 1 fully saturated rings. The van der Waals surface area contributed by atoms with Crippen molar-refractivity contribution in [2.45, 2.75) is 37.6 Å². The van der Waals surface area contributed by atoms with Crippen molar-refractivity contribution in [1.82, 2.24) is 5.32 Å². The van der Waals surface area contributed by atoms with Crippen LogP contribution in [0.2, 0.25) is 0 Å². The van der Waals surface area contributed by atoms with E-state index in [9.17, 15) is 28.5 Å². The molecule has 0 aromatic heterocycles. The summed E-state index contributed by atoms with van der Waals surface area (Å²) in [6, 6.07) is 0.798.